The van der Waals surface area contributed by atoms with Crippen LogP contribution >= 0.6 is 11.6 Å². The van der Waals surface area contributed by atoms with Gasteiger partial charge in [-0.25, -0.2) is 17.6 Å². The minimum Gasteiger partial charge on any atom is -0.460 e. The van der Waals surface area contributed by atoms with Gasteiger partial charge in [0.25, 0.3) is 0 Å². The van der Waals surface area contributed by atoms with Gasteiger partial charge in [-0.3, -0.25) is 4.79 Å². The van der Waals surface area contributed by atoms with Gasteiger partial charge in [-0.15, -0.1) is 6.42 Å². The van der Waals surface area contributed by atoms with E-state index in [0.29, 0.717) is 6.08 Å². The molecule has 0 aromatic heterocycles. The molecule has 1 aliphatic rings. The molecule has 1 aliphatic carbocycles. The first-order valence-corrected chi connectivity index (χ1v) is 8.05. The van der Waals surface area contributed by atoms with Crippen LogP contribution in [0.4, 0.5) is 30.7 Å². The molecule has 0 saturated heterocycles. The molecule has 1 saturated carbocycles. The number of carbonyl (C=O) groups excluding carboxylic acids is 1. The lowest BCUT2D eigenvalue weighted by atomic mass is 10.1. The molecule has 2 rings (SSSR count). The zero-order valence-corrected chi connectivity index (χ0v) is 15.1. The van der Waals surface area contributed by atoms with Crippen molar-refractivity contribution in [1.82, 2.24) is 0 Å². The van der Waals surface area contributed by atoms with E-state index in [-0.39, 0.29) is 0 Å². The van der Waals surface area contributed by atoms with Gasteiger partial charge in [0.05, 0.1) is 11.5 Å². The van der Waals surface area contributed by atoms with E-state index in [9.17, 15) is 35.5 Å². The fourth-order valence-electron chi connectivity index (χ4n) is 2.85. The van der Waals surface area contributed by atoms with Crippen molar-refractivity contribution in [3.63, 3.8) is 0 Å². The fourth-order valence-corrected chi connectivity index (χ4v) is 2.99. The largest absolute Gasteiger partial charge is 0.460 e. The van der Waals surface area contributed by atoms with Crippen molar-refractivity contribution in [2.45, 2.75) is 26.6 Å². The Morgan fingerprint density at radius 1 is 1.18 bits per heavy atom. The number of ether oxygens (including phenoxy) is 1. The molecule has 0 radical (unpaired) electrons. The van der Waals surface area contributed by atoms with Crippen LogP contribution < -0.4 is 0 Å². The van der Waals surface area contributed by atoms with Crippen LogP contribution in [0.1, 0.15) is 25.0 Å². The minimum absolute atomic E-state index is 0.649. The van der Waals surface area contributed by atoms with Gasteiger partial charge in [-0.1, -0.05) is 37.4 Å². The Bertz CT molecular complexity index is 868. The zero-order valence-electron chi connectivity index (χ0n) is 14.4. The Hall–Kier alpha value is -2.21. The first kappa shape index (κ1) is 22.1. The third kappa shape index (κ3) is 3.83. The van der Waals surface area contributed by atoms with E-state index < -0.39 is 75.4 Å². The summed E-state index contributed by atoms with van der Waals surface area (Å²) >= 11 is 5.15. The lowest BCUT2D eigenvalue weighted by Crippen LogP contribution is -2.14. The van der Waals surface area contributed by atoms with Crippen LogP contribution in [0, 0.1) is 52.9 Å². The zero-order chi connectivity index (χ0) is 21.6. The van der Waals surface area contributed by atoms with Crippen LogP contribution in [-0.2, 0) is 16.1 Å². The summed E-state index contributed by atoms with van der Waals surface area (Å²) in [4.78, 5) is 12.1. The normalized spacial score (nSPS) is 21.2. The molecule has 10 heteroatoms. The Morgan fingerprint density at radius 3 is 2.11 bits per heavy atom. The summed E-state index contributed by atoms with van der Waals surface area (Å²) in [6.07, 6.45) is 0.632. The highest BCUT2D eigenvalue weighted by Crippen LogP contribution is 2.60. The van der Waals surface area contributed by atoms with Gasteiger partial charge < -0.3 is 4.74 Å². The molecular weight excluding hydrogens is 417 g/mol. The number of benzene rings is 1. The van der Waals surface area contributed by atoms with Crippen LogP contribution in [0.15, 0.2) is 11.1 Å². The monoisotopic (exact) mass is 428 g/mol. The van der Waals surface area contributed by atoms with E-state index in [1.54, 1.807) is 0 Å². The maximum Gasteiger partial charge on any atom is 0.426 e. The number of terminal acetylenes is 1. The Morgan fingerprint density at radius 2 is 1.68 bits per heavy atom. The third-order valence-electron chi connectivity index (χ3n) is 4.62. The fraction of sp³-hybridized carbons (Fsp3) is 0.389. The number of hydrogen-bond acceptors (Lipinski definition) is 2. The van der Waals surface area contributed by atoms with Crippen LogP contribution in [-0.4, -0.2) is 12.1 Å². The average Bonchev–Trinajstić information content (AvgIpc) is 3.13. The topological polar surface area (TPSA) is 26.3 Å². The first-order valence-electron chi connectivity index (χ1n) is 7.67. The van der Waals surface area contributed by atoms with E-state index in [2.05, 4.69) is 4.74 Å². The quantitative estimate of drug-likeness (QED) is 0.284. The molecule has 28 heavy (non-hydrogen) atoms. The minimum atomic E-state index is -4.80. The van der Waals surface area contributed by atoms with Crippen molar-refractivity contribution >= 4 is 17.6 Å². The van der Waals surface area contributed by atoms with Gasteiger partial charge in [0.2, 0.25) is 0 Å². The summed E-state index contributed by atoms with van der Waals surface area (Å²) < 4.78 is 97.3. The van der Waals surface area contributed by atoms with E-state index in [0.717, 1.165) is 0 Å². The average molecular weight is 429 g/mol. The number of rotatable bonds is 4. The Labute approximate surface area is 160 Å². The lowest BCUT2D eigenvalue weighted by molar-refractivity contribution is -0.147. The molecule has 2 atom stereocenters. The standard InChI is InChI=1S/C18H12ClF7O2/c1-4-7-12(20)14(22)8(15(23)13(7)21)6-28-16(27)11-9(17(11,2)3)5-10(19)18(24,25)26/h1,5,9,11H,6H2,2-3H3/b10-5-/t9-,11-/m1/s1. The summed E-state index contributed by atoms with van der Waals surface area (Å²) in [7, 11) is 0. The maximum absolute atomic E-state index is 13.9. The summed E-state index contributed by atoms with van der Waals surface area (Å²) in [5, 5.41) is -1.42. The molecule has 1 fully saturated rings. The molecule has 0 unspecified atom stereocenters. The second-order valence-electron chi connectivity index (χ2n) is 6.70. The van der Waals surface area contributed by atoms with Crippen molar-refractivity contribution in [3.8, 4) is 12.3 Å². The van der Waals surface area contributed by atoms with E-state index in [1.165, 1.54) is 19.8 Å². The number of halogens is 8. The van der Waals surface area contributed by atoms with Crippen LogP contribution in [0.2, 0.25) is 0 Å². The van der Waals surface area contributed by atoms with Crippen molar-refractivity contribution in [1.29, 1.82) is 0 Å². The van der Waals surface area contributed by atoms with Crippen molar-refractivity contribution in [2.24, 2.45) is 17.3 Å². The van der Waals surface area contributed by atoms with Gasteiger partial charge in [-0.2, -0.15) is 13.2 Å². The number of allylic oxidation sites excluding steroid dienone is 2. The Balaban J connectivity index is 2.19. The van der Waals surface area contributed by atoms with Crippen LogP contribution in [0.3, 0.4) is 0 Å². The van der Waals surface area contributed by atoms with Gasteiger partial charge in [-0.05, 0) is 11.3 Å². The molecular formula is C18H12ClF7O2. The second-order valence-corrected chi connectivity index (χ2v) is 7.11. The number of hydrogen-bond donors (Lipinski definition) is 0. The van der Waals surface area contributed by atoms with E-state index in [4.69, 9.17) is 18.0 Å². The molecule has 0 amide bonds. The van der Waals surface area contributed by atoms with Crippen molar-refractivity contribution < 1.29 is 40.3 Å². The van der Waals surface area contributed by atoms with E-state index in [1.807, 2.05) is 0 Å². The second kappa shape index (κ2) is 7.32. The highest BCUT2D eigenvalue weighted by Gasteiger charge is 2.62. The molecule has 1 aromatic rings. The molecule has 0 bridgehead atoms. The lowest BCUT2D eigenvalue weighted by Gasteiger charge is -2.10. The van der Waals surface area contributed by atoms with Gasteiger partial charge in [0.15, 0.2) is 23.3 Å². The summed E-state index contributed by atoms with van der Waals surface area (Å²) in [6, 6.07) is 0. The number of carbonyl (C=O) groups is 1. The van der Waals surface area contributed by atoms with Crippen molar-refractivity contribution in [3.05, 3.63) is 45.5 Å². The van der Waals surface area contributed by atoms with Gasteiger partial charge in [0.1, 0.15) is 17.2 Å². The van der Waals surface area contributed by atoms with E-state index >= 15 is 0 Å². The molecule has 0 heterocycles. The smallest absolute Gasteiger partial charge is 0.426 e. The first-order chi connectivity index (χ1) is 12.7. The van der Waals surface area contributed by atoms with Crippen molar-refractivity contribution in [2.75, 3.05) is 0 Å². The third-order valence-corrected chi connectivity index (χ3v) is 4.96. The number of alkyl halides is 3. The SMILES string of the molecule is C#Cc1c(F)c(F)c(COC(=O)[C@H]2[C@@H](/C=C(\Cl)C(F)(F)F)C2(C)C)c(F)c1F. The molecule has 2 nitrogen and oxygen atoms in total. The molecule has 0 N–H and O–H groups in total. The molecule has 152 valence electrons. The molecule has 0 aliphatic heterocycles. The van der Waals surface area contributed by atoms with Crippen LogP contribution in [0.25, 0.3) is 0 Å². The summed E-state index contributed by atoms with van der Waals surface area (Å²) in [6.45, 7) is 1.75. The Kier molecular flexibility index (Phi) is 5.77. The van der Waals surface area contributed by atoms with Gasteiger partial charge in [0, 0.05) is 0 Å². The maximum atomic E-state index is 13.9. The van der Waals surface area contributed by atoms with Gasteiger partial charge >= 0.3 is 12.1 Å². The predicted octanol–water partition coefficient (Wildman–Crippen LogP) is 5.22. The highest BCUT2D eigenvalue weighted by molar-refractivity contribution is 6.30. The summed E-state index contributed by atoms with van der Waals surface area (Å²) in [5.41, 5.74) is -3.43. The molecule has 0 spiro atoms. The highest BCUT2D eigenvalue weighted by atomic mass is 35.5. The van der Waals surface area contributed by atoms with Crippen LogP contribution in [0.5, 0.6) is 0 Å². The number of esters is 1. The molecule has 1 aromatic carbocycles. The summed E-state index contributed by atoms with van der Waals surface area (Å²) in [5.74, 6) is -8.97. The predicted molar refractivity (Wildman–Crippen MR) is 84.8 cm³/mol.